The summed E-state index contributed by atoms with van der Waals surface area (Å²) in [6.45, 7) is 9.04. The van der Waals surface area contributed by atoms with Crippen molar-refractivity contribution < 1.29 is 4.79 Å². The van der Waals surface area contributed by atoms with E-state index in [2.05, 4.69) is 17.2 Å². The Balaban J connectivity index is 2.68. The minimum absolute atomic E-state index is 0.0198. The Morgan fingerprint density at radius 3 is 2.75 bits per heavy atom. The van der Waals surface area contributed by atoms with Gasteiger partial charge in [0.05, 0.1) is 0 Å². The van der Waals surface area contributed by atoms with E-state index in [1.165, 1.54) is 0 Å². The molecule has 1 heterocycles. The Kier molecular flexibility index (Phi) is 7.01. The third-order valence-electron chi connectivity index (χ3n) is 3.34. The number of amides is 1. The van der Waals surface area contributed by atoms with E-state index in [1.54, 1.807) is 11.1 Å². The van der Waals surface area contributed by atoms with Crippen molar-refractivity contribution in [3.8, 4) is 0 Å². The predicted molar refractivity (Wildman–Crippen MR) is 82.8 cm³/mol. The second-order valence-corrected chi connectivity index (χ2v) is 4.97. The number of carbonyl (C=O) groups excluding carboxylic acids is 1. The van der Waals surface area contributed by atoms with Crippen LogP contribution >= 0.6 is 0 Å². The van der Waals surface area contributed by atoms with E-state index in [9.17, 15) is 4.79 Å². The first kappa shape index (κ1) is 16.4. The van der Waals surface area contributed by atoms with Gasteiger partial charge in [0.1, 0.15) is 5.69 Å². The summed E-state index contributed by atoms with van der Waals surface area (Å²) in [5.41, 5.74) is 6.96. The maximum atomic E-state index is 12.2. The maximum absolute atomic E-state index is 12.2. The normalized spacial score (nSPS) is 12.0. The van der Waals surface area contributed by atoms with Gasteiger partial charge >= 0.3 is 0 Å². The second-order valence-electron chi connectivity index (χ2n) is 4.97. The zero-order valence-electron chi connectivity index (χ0n) is 12.7. The first-order valence-electron chi connectivity index (χ1n) is 7.31. The molecule has 0 saturated carbocycles. The van der Waals surface area contributed by atoms with Crippen molar-refractivity contribution >= 4 is 11.6 Å². The molecular formula is C15H26N4O. The zero-order chi connectivity index (χ0) is 15.0. The van der Waals surface area contributed by atoms with Crippen molar-refractivity contribution in [3.63, 3.8) is 0 Å². The molecule has 1 amide bonds. The summed E-state index contributed by atoms with van der Waals surface area (Å²) in [4.78, 5) is 18.2. The summed E-state index contributed by atoms with van der Waals surface area (Å²) < 4.78 is 0. The number of aromatic nitrogens is 1. The lowest BCUT2D eigenvalue weighted by molar-refractivity contribution is 0.0767. The van der Waals surface area contributed by atoms with Gasteiger partial charge in [-0.25, -0.2) is 0 Å². The monoisotopic (exact) mass is 278 g/mol. The minimum atomic E-state index is -0.0198. The van der Waals surface area contributed by atoms with E-state index in [4.69, 9.17) is 5.73 Å². The molecule has 1 atom stereocenters. The molecule has 1 rings (SSSR count). The molecule has 112 valence electrons. The lowest BCUT2D eigenvalue weighted by Crippen LogP contribution is -2.31. The average molecular weight is 278 g/mol. The standard InChI is InChI=1S/C15H26N4O/c1-4-19(5-2)15(20)14-10-13(7-9-17-14)18-11-12(3)6-8-16/h7,9-10,12H,4-6,8,11,16H2,1-3H3,(H,17,18). The van der Waals surface area contributed by atoms with Crippen molar-refractivity contribution in [2.45, 2.75) is 27.2 Å². The van der Waals surface area contributed by atoms with Gasteiger partial charge in [-0.2, -0.15) is 0 Å². The van der Waals surface area contributed by atoms with Crippen LogP contribution < -0.4 is 11.1 Å². The summed E-state index contributed by atoms with van der Waals surface area (Å²) >= 11 is 0. The highest BCUT2D eigenvalue weighted by Crippen LogP contribution is 2.11. The molecule has 0 radical (unpaired) electrons. The first-order chi connectivity index (χ1) is 9.62. The molecule has 0 spiro atoms. The van der Waals surface area contributed by atoms with E-state index >= 15 is 0 Å². The largest absolute Gasteiger partial charge is 0.385 e. The van der Waals surface area contributed by atoms with Crippen molar-refractivity contribution in [1.82, 2.24) is 9.88 Å². The molecule has 0 aromatic carbocycles. The molecule has 3 N–H and O–H groups in total. The van der Waals surface area contributed by atoms with E-state index < -0.39 is 0 Å². The summed E-state index contributed by atoms with van der Waals surface area (Å²) in [6.07, 6.45) is 2.66. The Hall–Kier alpha value is -1.62. The molecule has 1 aromatic rings. The molecule has 0 aliphatic carbocycles. The lowest BCUT2D eigenvalue weighted by Gasteiger charge is -2.18. The number of hydrogen-bond donors (Lipinski definition) is 2. The van der Waals surface area contributed by atoms with Crippen LogP contribution in [0.1, 0.15) is 37.7 Å². The Labute approximate surface area is 121 Å². The first-order valence-corrected chi connectivity index (χ1v) is 7.31. The predicted octanol–water partition coefficient (Wildman–Crippen LogP) is 1.96. The van der Waals surface area contributed by atoms with Crippen LogP contribution in [0.2, 0.25) is 0 Å². The van der Waals surface area contributed by atoms with Crippen molar-refractivity contribution in [2.75, 3.05) is 31.5 Å². The number of anilines is 1. The van der Waals surface area contributed by atoms with Crippen molar-refractivity contribution in [3.05, 3.63) is 24.0 Å². The SMILES string of the molecule is CCN(CC)C(=O)c1cc(NCC(C)CCN)ccn1. The molecular weight excluding hydrogens is 252 g/mol. The van der Waals surface area contributed by atoms with Crippen LogP contribution in [0.3, 0.4) is 0 Å². The van der Waals surface area contributed by atoms with Gasteiger partial charge in [0, 0.05) is 31.5 Å². The maximum Gasteiger partial charge on any atom is 0.272 e. The molecule has 20 heavy (non-hydrogen) atoms. The van der Waals surface area contributed by atoms with Gasteiger partial charge in [0.15, 0.2) is 0 Å². The summed E-state index contributed by atoms with van der Waals surface area (Å²) in [7, 11) is 0. The molecule has 0 fully saturated rings. The van der Waals surface area contributed by atoms with E-state index in [0.717, 1.165) is 18.7 Å². The lowest BCUT2D eigenvalue weighted by atomic mass is 10.1. The van der Waals surface area contributed by atoms with Crippen LogP contribution in [0.25, 0.3) is 0 Å². The topological polar surface area (TPSA) is 71.2 Å². The highest BCUT2D eigenvalue weighted by atomic mass is 16.2. The van der Waals surface area contributed by atoms with Crippen molar-refractivity contribution in [1.29, 1.82) is 0 Å². The highest BCUT2D eigenvalue weighted by molar-refractivity contribution is 5.93. The van der Waals surface area contributed by atoms with E-state index in [1.807, 2.05) is 26.0 Å². The van der Waals surface area contributed by atoms with Crippen LogP contribution in [0.5, 0.6) is 0 Å². The number of pyridine rings is 1. The van der Waals surface area contributed by atoms with Gasteiger partial charge in [-0.3, -0.25) is 9.78 Å². The molecule has 5 heteroatoms. The van der Waals surface area contributed by atoms with Gasteiger partial charge in [-0.1, -0.05) is 6.92 Å². The van der Waals surface area contributed by atoms with Gasteiger partial charge in [0.25, 0.3) is 5.91 Å². The van der Waals surface area contributed by atoms with Gasteiger partial charge in [-0.15, -0.1) is 0 Å². The number of hydrogen-bond acceptors (Lipinski definition) is 4. The quantitative estimate of drug-likeness (QED) is 0.762. The van der Waals surface area contributed by atoms with Crippen molar-refractivity contribution in [2.24, 2.45) is 11.7 Å². The molecule has 1 unspecified atom stereocenters. The molecule has 0 aliphatic rings. The minimum Gasteiger partial charge on any atom is -0.385 e. The van der Waals surface area contributed by atoms with Crippen LogP contribution in [0.15, 0.2) is 18.3 Å². The third kappa shape index (κ3) is 4.81. The summed E-state index contributed by atoms with van der Waals surface area (Å²) in [5.74, 6) is 0.490. The van der Waals surface area contributed by atoms with E-state index in [-0.39, 0.29) is 5.91 Å². The Morgan fingerprint density at radius 2 is 2.15 bits per heavy atom. The zero-order valence-corrected chi connectivity index (χ0v) is 12.7. The molecule has 5 nitrogen and oxygen atoms in total. The van der Waals surface area contributed by atoms with Gasteiger partial charge < -0.3 is 16.0 Å². The third-order valence-corrected chi connectivity index (χ3v) is 3.34. The Morgan fingerprint density at radius 1 is 1.45 bits per heavy atom. The Bertz CT molecular complexity index is 418. The fourth-order valence-electron chi connectivity index (χ4n) is 2.01. The number of carbonyl (C=O) groups is 1. The van der Waals surface area contributed by atoms with Gasteiger partial charge in [0.2, 0.25) is 0 Å². The van der Waals surface area contributed by atoms with E-state index in [0.29, 0.717) is 31.2 Å². The average Bonchev–Trinajstić information content (AvgIpc) is 2.47. The summed E-state index contributed by atoms with van der Waals surface area (Å²) in [5, 5.41) is 3.33. The molecule has 0 aliphatic heterocycles. The summed E-state index contributed by atoms with van der Waals surface area (Å²) in [6, 6.07) is 3.70. The van der Waals surface area contributed by atoms with Crippen LogP contribution in [0.4, 0.5) is 5.69 Å². The number of rotatable bonds is 8. The number of nitrogens with one attached hydrogen (secondary N) is 1. The molecule has 0 saturated heterocycles. The fourth-order valence-corrected chi connectivity index (χ4v) is 2.01. The van der Waals surface area contributed by atoms with Gasteiger partial charge in [-0.05, 0) is 44.9 Å². The molecule has 1 aromatic heterocycles. The number of nitrogens with zero attached hydrogens (tertiary/aromatic N) is 2. The number of nitrogens with two attached hydrogens (primary N) is 1. The smallest absolute Gasteiger partial charge is 0.272 e. The fraction of sp³-hybridized carbons (Fsp3) is 0.600. The highest BCUT2D eigenvalue weighted by Gasteiger charge is 2.14. The van der Waals surface area contributed by atoms with Crippen LogP contribution in [-0.4, -0.2) is 42.0 Å². The van der Waals surface area contributed by atoms with Crippen LogP contribution in [-0.2, 0) is 0 Å². The van der Waals surface area contributed by atoms with Crippen LogP contribution in [0, 0.1) is 5.92 Å². The second kappa shape index (κ2) is 8.53. The molecule has 0 bridgehead atoms.